The Balaban J connectivity index is 0.000000555. The van der Waals surface area contributed by atoms with Crippen molar-refractivity contribution in [3.05, 3.63) is 36.9 Å². The Morgan fingerprint density at radius 2 is 1.16 bits per heavy atom. The predicted molar refractivity (Wildman–Crippen MR) is 67.6 cm³/mol. The fourth-order valence-electron chi connectivity index (χ4n) is 0.884. The Bertz CT molecular complexity index is 434. The molecule has 8 nitrogen and oxygen atoms in total. The van der Waals surface area contributed by atoms with Gasteiger partial charge in [-0.15, -0.1) is 0 Å². The number of carbonyl (C=O) groups is 3. The first-order valence-electron chi connectivity index (χ1n) is 4.80. The highest BCUT2D eigenvalue weighted by molar-refractivity contribution is 5.85. The molecule has 1 aromatic rings. The maximum Gasteiger partial charge on any atom is 0.409 e. The largest absolute Gasteiger partial charge is 0.478 e. The van der Waals surface area contributed by atoms with Crippen molar-refractivity contribution in [3.63, 3.8) is 0 Å². The van der Waals surface area contributed by atoms with Gasteiger partial charge in [-0.2, -0.15) is 0 Å². The first-order valence-corrected chi connectivity index (χ1v) is 4.80. The lowest BCUT2D eigenvalue weighted by molar-refractivity contribution is -0.131. The molecule has 102 valence electrons. The van der Waals surface area contributed by atoms with Gasteiger partial charge >= 0.3 is 18.2 Å². The van der Waals surface area contributed by atoms with Gasteiger partial charge in [0.1, 0.15) is 0 Å². The fraction of sp³-hybridized carbons (Fsp3) is 0. The van der Waals surface area contributed by atoms with Crippen LogP contribution in [0.5, 0.6) is 0 Å². The second kappa shape index (κ2) is 8.12. The zero-order chi connectivity index (χ0) is 14.8. The molecule has 0 aliphatic heterocycles. The van der Waals surface area contributed by atoms with E-state index in [4.69, 9.17) is 15.3 Å². The summed E-state index contributed by atoms with van der Waals surface area (Å²) < 4.78 is 0. The van der Waals surface area contributed by atoms with Crippen LogP contribution in [0.4, 0.5) is 21.0 Å². The summed E-state index contributed by atoms with van der Waals surface area (Å²) in [7, 11) is 0. The summed E-state index contributed by atoms with van der Waals surface area (Å²) in [6.45, 7) is 2.96. The second-order valence-electron chi connectivity index (χ2n) is 2.98. The molecule has 1 rings (SSSR count). The molecule has 0 saturated carbocycles. The zero-order valence-corrected chi connectivity index (χ0v) is 9.66. The van der Waals surface area contributed by atoms with E-state index in [1.165, 1.54) is 24.3 Å². The molecule has 0 fully saturated rings. The summed E-state index contributed by atoms with van der Waals surface area (Å²) in [5.41, 5.74) is 0.766. The van der Waals surface area contributed by atoms with Crippen LogP contribution in [0.2, 0.25) is 0 Å². The van der Waals surface area contributed by atoms with Crippen molar-refractivity contribution in [2.24, 2.45) is 0 Å². The number of amides is 2. The van der Waals surface area contributed by atoms with Gasteiger partial charge in [0, 0.05) is 17.5 Å². The van der Waals surface area contributed by atoms with E-state index >= 15 is 0 Å². The Kier molecular flexibility index (Phi) is 6.82. The highest BCUT2D eigenvalue weighted by atomic mass is 16.4. The number of rotatable bonds is 3. The Labute approximate surface area is 108 Å². The molecule has 19 heavy (non-hydrogen) atoms. The summed E-state index contributed by atoms with van der Waals surface area (Å²) in [6.07, 6.45) is -1.49. The molecule has 0 bridgehead atoms. The van der Waals surface area contributed by atoms with Gasteiger partial charge in [-0.3, -0.25) is 10.6 Å². The molecule has 0 spiro atoms. The van der Waals surface area contributed by atoms with Crippen LogP contribution in [-0.4, -0.2) is 33.5 Å². The van der Waals surface area contributed by atoms with Crippen LogP contribution in [0.1, 0.15) is 0 Å². The third-order valence-corrected chi connectivity index (χ3v) is 1.56. The smallest absolute Gasteiger partial charge is 0.409 e. The molecular formula is C11H12N2O6. The molecule has 0 aromatic heterocycles. The molecule has 0 aliphatic carbocycles. The molecular weight excluding hydrogens is 256 g/mol. The van der Waals surface area contributed by atoms with Crippen LogP contribution in [0.3, 0.4) is 0 Å². The SMILES string of the molecule is C=CC(=O)O.O=C(O)Nc1ccc(NC(=O)O)cc1. The minimum atomic E-state index is -1.16. The van der Waals surface area contributed by atoms with Gasteiger partial charge in [0.25, 0.3) is 0 Å². The van der Waals surface area contributed by atoms with E-state index in [1.54, 1.807) is 0 Å². The molecule has 5 N–H and O–H groups in total. The quantitative estimate of drug-likeness (QED) is 0.532. The lowest BCUT2D eigenvalue weighted by Crippen LogP contribution is -2.08. The van der Waals surface area contributed by atoms with E-state index in [0.717, 1.165) is 6.08 Å². The molecule has 0 unspecified atom stereocenters. The Morgan fingerprint density at radius 3 is 1.32 bits per heavy atom. The van der Waals surface area contributed by atoms with E-state index in [-0.39, 0.29) is 0 Å². The number of carboxylic acids is 1. The van der Waals surface area contributed by atoms with Crippen molar-refractivity contribution < 1.29 is 29.7 Å². The van der Waals surface area contributed by atoms with E-state index in [9.17, 15) is 14.4 Å². The van der Waals surface area contributed by atoms with Crippen molar-refractivity contribution in [1.82, 2.24) is 0 Å². The van der Waals surface area contributed by atoms with Crippen LogP contribution in [0, 0.1) is 0 Å². The number of hydrogen-bond acceptors (Lipinski definition) is 3. The number of aliphatic carboxylic acids is 1. The molecule has 0 saturated heterocycles. The molecule has 0 radical (unpaired) electrons. The normalized spacial score (nSPS) is 8.42. The maximum atomic E-state index is 10.2. The highest BCUT2D eigenvalue weighted by Crippen LogP contribution is 2.13. The first-order chi connectivity index (χ1) is 8.85. The van der Waals surface area contributed by atoms with Crippen LogP contribution in [-0.2, 0) is 4.79 Å². The number of benzene rings is 1. The standard InChI is InChI=1S/C8H8N2O4.C3H4O2/c11-7(12)9-5-1-2-6(4-3-5)10-8(13)14;1-2-3(4)5/h1-4,9-10H,(H,11,12)(H,13,14);2H,1H2,(H,4,5). The van der Waals surface area contributed by atoms with Crippen molar-refractivity contribution in [2.75, 3.05) is 10.6 Å². The Hall–Kier alpha value is -3.03. The van der Waals surface area contributed by atoms with E-state index in [2.05, 4.69) is 17.2 Å². The third kappa shape index (κ3) is 8.74. The molecule has 0 atom stereocenters. The monoisotopic (exact) mass is 268 g/mol. The van der Waals surface area contributed by atoms with E-state index in [1.807, 2.05) is 0 Å². The van der Waals surface area contributed by atoms with Gasteiger partial charge in [-0.05, 0) is 24.3 Å². The molecule has 8 heteroatoms. The number of carboxylic acid groups (broad SMARTS) is 3. The van der Waals surface area contributed by atoms with Gasteiger partial charge < -0.3 is 15.3 Å². The first kappa shape index (κ1) is 16.0. The van der Waals surface area contributed by atoms with E-state index < -0.39 is 18.2 Å². The van der Waals surface area contributed by atoms with Gasteiger partial charge in [0.15, 0.2) is 0 Å². The molecule has 2 amide bonds. The fourth-order valence-corrected chi connectivity index (χ4v) is 0.884. The van der Waals surface area contributed by atoms with Crippen LogP contribution < -0.4 is 10.6 Å². The predicted octanol–water partition coefficient (Wildman–Crippen LogP) is 2.12. The van der Waals surface area contributed by atoms with Crippen molar-refractivity contribution in [3.8, 4) is 0 Å². The summed E-state index contributed by atoms with van der Waals surface area (Å²) in [5, 5.41) is 28.6. The second-order valence-corrected chi connectivity index (χ2v) is 2.98. The van der Waals surface area contributed by atoms with Crippen LogP contribution in [0.15, 0.2) is 36.9 Å². The number of anilines is 2. The van der Waals surface area contributed by atoms with Crippen LogP contribution in [0.25, 0.3) is 0 Å². The van der Waals surface area contributed by atoms with Crippen molar-refractivity contribution >= 4 is 29.5 Å². The number of nitrogens with one attached hydrogen (secondary N) is 2. The molecule has 1 aromatic carbocycles. The average Bonchev–Trinajstić information content (AvgIpc) is 2.31. The third-order valence-electron chi connectivity index (χ3n) is 1.56. The molecule has 0 heterocycles. The lowest BCUT2D eigenvalue weighted by Gasteiger charge is -2.02. The van der Waals surface area contributed by atoms with E-state index in [0.29, 0.717) is 11.4 Å². The highest BCUT2D eigenvalue weighted by Gasteiger charge is 1.99. The zero-order valence-electron chi connectivity index (χ0n) is 9.66. The summed E-state index contributed by atoms with van der Waals surface area (Å²) in [4.78, 5) is 29.7. The lowest BCUT2D eigenvalue weighted by atomic mass is 10.3. The van der Waals surface area contributed by atoms with Crippen LogP contribution >= 0.6 is 0 Å². The van der Waals surface area contributed by atoms with Gasteiger partial charge in [-0.1, -0.05) is 6.58 Å². The summed E-state index contributed by atoms with van der Waals surface area (Å²) >= 11 is 0. The minimum Gasteiger partial charge on any atom is -0.478 e. The molecule has 0 aliphatic rings. The summed E-state index contributed by atoms with van der Waals surface area (Å²) in [5.74, 6) is -0.981. The van der Waals surface area contributed by atoms with Crippen molar-refractivity contribution in [1.29, 1.82) is 0 Å². The van der Waals surface area contributed by atoms with Crippen molar-refractivity contribution in [2.45, 2.75) is 0 Å². The Morgan fingerprint density at radius 1 is 0.895 bits per heavy atom. The summed E-state index contributed by atoms with van der Waals surface area (Å²) in [6, 6.07) is 5.83. The number of hydrogen-bond donors (Lipinski definition) is 5. The topological polar surface area (TPSA) is 136 Å². The van der Waals surface area contributed by atoms with Gasteiger partial charge in [0.2, 0.25) is 0 Å². The maximum absolute atomic E-state index is 10.2. The average molecular weight is 268 g/mol. The minimum absolute atomic E-state index is 0.383. The van der Waals surface area contributed by atoms with Gasteiger partial charge in [-0.25, -0.2) is 14.4 Å². The van der Waals surface area contributed by atoms with Gasteiger partial charge in [0.05, 0.1) is 0 Å².